The fourth-order valence-electron chi connectivity index (χ4n) is 5.90. The number of anilines is 1. The third-order valence-electron chi connectivity index (χ3n) is 8.25. The second-order valence-electron chi connectivity index (χ2n) is 11.1. The highest BCUT2D eigenvalue weighted by Gasteiger charge is 2.31. The lowest BCUT2D eigenvalue weighted by atomic mass is 9.95. The summed E-state index contributed by atoms with van der Waals surface area (Å²) in [6.07, 6.45) is 3.85. The summed E-state index contributed by atoms with van der Waals surface area (Å²) in [6, 6.07) is 11.8. The lowest BCUT2D eigenvalue weighted by Crippen LogP contribution is -2.58. The number of benzene rings is 2. The summed E-state index contributed by atoms with van der Waals surface area (Å²) in [5.74, 6) is -2.32. The minimum atomic E-state index is -0.834. The van der Waals surface area contributed by atoms with Gasteiger partial charge in [-0.25, -0.2) is 18.4 Å². The molecule has 2 aliphatic heterocycles. The van der Waals surface area contributed by atoms with Crippen LogP contribution < -0.4 is 10.5 Å². The minimum Gasteiger partial charge on any atom is -0.433 e. The average molecular weight is 570 g/mol. The van der Waals surface area contributed by atoms with Crippen molar-refractivity contribution in [1.29, 1.82) is 0 Å². The average Bonchev–Trinajstić information content (AvgIpc) is 3.54. The van der Waals surface area contributed by atoms with Crippen molar-refractivity contribution in [2.45, 2.75) is 25.9 Å². The van der Waals surface area contributed by atoms with Gasteiger partial charge < -0.3 is 20.4 Å². The predicted molar refractivity (Wildman–Crippen MR) is 154 cm³/mol. The van der Waals surface area contributed by atoms with E-state index in [2.05, 4.69) is 44.0 Å². The summed E-state index contributed by atoms with van der Waals surface area (Å²) in [7, 11) is 2.15. The van der Waals surface area contributed by atoms with Crippen molar-refractivity contribution in [2.24, 2.45) is 0 Å². The Hall–Kier alpha value is -4.61. The zero-order valence-electron chi connectivity index (χ0n) is 23.2. The van der Waals surface area contributed by atoms with Crippen LogP contribution in [0.15, 0.2) is 54.9 Å². The summed E-state index contributed by atoms with van der Waals surface area (Å²) >= 11 is 0. The van der Waals surface area contributed by atoms with Gasteiger partial charge in [-0.2, -0.15) is 5.10 Å². The molecule has 11 heteroatoms. The number of nitrogen functional groups attached to an aromatic ring is 1. The van der Waals surface area contributed by atoms with Gasteiger partial charge in [0.1, 0.15) is 5.82 Å². The molecule has 42 heavy (non-hydrogen) atoms. The topological polar surface area (TPSA) is 105 Å². The molecule has 0 unspecified atom stereocenters. The van der Waals surface area contributed by atoms with Crippen LogP contribution in [-0.2, 0) is 13.0 Å². The van der Waals surface area contributed by atoms with Gasteiger partial charge in [0, 0.05) is 49.2 Å². The highest BCUT2D eigenvalue weighted by Crippen LogP contribution is 2.31. The maximum atomic E-state index is 14.0. The normalized spacial score (nSPS) is 16.0. The molecule has 3 aromatic heterocycles. The molecule has 1 fully saturated rings. The zero-order valence-corrected chi connectivity index (χ0v) is 23.2. The Kier molecular flexibility index (Phi) is 6.28. The van der Waals surface area contributed by atoms with Crippen LogP contribution in [0.1, 0.15) is 32.7 Å². The molecule has 3 N–H and O–H groups in total. The number of fused-ring (bicyclic) bond motifs is 2. The van der Waals surface area contributed by atoms with Gasteiger partial charge in [0.05, 0.1) is 29.3 Å². The molecular formula is C31H29F2N7O2. The van der Waals surface area contributed by atoms with Gasteiger partial charge in [0.2, 0.25) is 17.4 Å². The number of hydrogen-bond acceptors (Lipinski definition) is 7. The number of aryl methyl sites for hydroxylation is 1. The summed E-state index contributed by atoms with van der Waals surface area (Å²) in [4.78, 5) is 25.9. The molecule has 9 nitrogen and oxygen atoms in total. The monoisotopic (exact) mass is 569 g/mol. The Morgan fingerprint density at radius 1 is 1.10 bits per heavy atom. The van der Waals surface area contributed by atoms with E-state index in [1.54, 1.807) is 6.92 Å². The molecule has 5 heterocycles. The molecular weight excluding hydrogens is 540 g/mol. The number of hydrogen-bond donors (Lipinski definition) is 2. The van der Waals surface area contributed by atoms with Gasteiger partial charge in [-0.3, -0.25) is 9.69 Å². The molecule has 214 valence electrons. The first kappa shape index (κ1) is 26.3. The summed E-state index contributed by atoms with van der Waals surface area (Å²) < 4.78 is 34.8. The lowest BCUT2D eigenvalue weighted by Gasteiger charge is -2.45. The van der Waals surface area contributed by atoms with E-state index < -0.39 is 17.4 Å². The molecule has 0 atom stereocenters. The number of likely N-dealkylation sites (tertiary alicyclic amines) is 1. The predicted octanol–water partition coefficient (Wildman–Crippen LogP) is 4.61. The van der Waals surface area contributed by atoms with E-state index in [0.717, 1.165) is 55.6 Å². The molecule has 0 amide bonds. The first-order valence-corrected chi connectivity index (χ1v) is 13.8. The van der Waals surface area contributed by atoms with Crippen molar-refractivity contribution in [3.05, 3.63) is 94.4 Å². The van der Waals surface area contributed by atoms with Crippen LogP contribution >= 0.6 is 0 Å². The van der Waals surface area contributed by atoms with Gasteiger partial charge in [0.15, 0.2) is 11.6 Å². The number of H-pyrrole nitrogens is 1. The number of ketones is 1. The quantitative estimate of drug-likeness (QED) is 0.288. The van der Waals surface area contributed by atoms with Crippen LogP contribution in [0.3, 0.4) is 0 Å². The summed E-state index contributed by atoms with van der Waals surface area (Å²) in [5, 5.41) is 5.33. The molecule has 1 saturated heterocycles. The Bertz CT molecular complexity index is 1840. The van der Waals surface area contributed by atoms with Crippen LogP contribution in [0.2, 0.25) is 0 Å². The Morgan fingerprint density at radius 2 is 1.88 bits per heavy atom. The van der Waals surface area contributed by atoms with Crippen molar-refractivity contribution in [1.82, 2.24) is 29.5 Å². The molecule has 7 rings (SSSR count). The second-order valence-corrected chi connectivity index (χ2v) is 11.1. The number of aromatic nitrogens is 4. The molecule has 0 aliphatic carbocycles. The maximum Gasteiger partial charge on any atom is 0.219 e. The summed E-state index contributed by atoms with van der Waals surface area (Å²) in [6.45, 7) is 5.94. The van der Waals surface area contributed by atoms with E-state index in [-0.39, 0.29) is 23.0 Å². The van der Waals surface area contributed by atoms with Crippen LogP contribution in [0.25, 0.3) is 16.6 Å². The Balaban J connectivity index is 1.12. The van der Waals surface area contributed by atoms with Gasteiger partial charge >= 0.3 is 0 Å². The fourth-order valence-corrected chi connectivity index (χ4v) is 5.90. The highest BCUT2D eigenvalue weighted by molar-refractivity contribution is 6.12. The van der Waals surface area contributed by atoms with Crippen molar-refractivity contribution < 1.29 is 18.3 Å². The Morgan fingerprint density at radius 3 is 2.62 bits per heavy atom. The minimum absolute atomic E-state index is 0.00573. The molecule has 2 aliphatic rings. The smallest absolute Gasteiger partial charge is 0.219 e. The van der Waals surface area contributed by atoms with E-state index in [9.17, 15) is 13.6 Å². The fraction of sp³-hybridized carbons (Fsp3) is 0.258. The number of pyridine rings is 1. The zero-order chi connectivity index (χ0) is 29.1. The SMILES string of the molecule is Cc1cc(Oc2c(F)cccc2F)ncc1-n1ncc(C(=O)c2cc3cc4c(cc3[nH]2)CCN(C2CN(C)C2)C4)c1N. The number of rotatable bonds is 6. The Labute approximate surface area is 240 Å². The summed E-state index contributed by atoms with van der Waals surface area (Å²) in [5.41, 5.74) is 11.8. The third-order valence-corrected chi connectivity index (χ3v) is 8.25. The largest absolute Gasteiger partial charge is 0.433 e. The standard InChI is InChI=1S/C31H29F2N7O2/c1-17-8-28(42-30-23(32)4-3-5-24(30)33)35-13-27(17)40-31(34)22(12-36-40)29(41)26-11-19-9-20-14-39(21-15-38(2)16-21)7-6-18(20)10-25(19)37-26/h3-5,8-13,21,37H,6-7,14-16,34H2,1-2H3. The highest BCUT2D eigenvalue weighted by atomic mass is 19.1. The molecule has 0 saturated carbocycles. The lowest BCUT2D eigenvalue weighted by molar-refractivity contribution is 0.0435. The van der Waals surface area contributed by atoms with Crippen LogP contribution in [-0.4, -0.2) is 68.1 Å². The van der Waals surface area contributed by atoms with Crippen molar-refractivity contribution >= 4 is 22.5 Å². The van der Waals surface area contributed by atoms with Crippen molar-refractivity contribution in [3.63, 3.8) is 0 Å². The van der Waals surface area contributed by atoms with E-state index in [0.29, 0.717) is 23.0 Å². The number of carbonyl (C=O) groups is 1. The van der Waals surface area contributed by atoms with Gasteiger partial charge in [-0.1, -0.05) is 6.07 Å². The van der Waals surface area contributed by atoms with E-state index in [1.165, 1.54) is 40.3 Å². The first-order valence-electron chi connectivity index (χ1n) is 13.8. The number of para-hydroxylation sites is 1. The maximum absolute atomic E-state index is 14.0. The van der Waals surface area contributed by atoms with E-state index >= 15 is 0 Å². The number of nitrogens with zero attached hydrogens (tertiary/aromatic N) is 5. The first-order chi connectivity index (χ1) is 20.2. The molecule has 2 aromatic carbocycles. The molecule has 0 spiro atoms. The second kappa shape index (κ2) is 10.0. The number of nitrogens with one attached hydrogen (secondary N) is 1. The number of likely N-dealkylation sites (N-methyl/N-ethyl adjacent to an activating group) is 1. The molecule has 0 bridgehead atoms. The number of ether oxygens (including phenoxy) is 1. The van der Waals surface area contributed by atoms with Crippen molar-refractivity contribution in [3.8, 4) is 17.3 Å². The van der Waals surface area contributed by atoms with Gasteiger partial charge in [0.25, 0.3) is 0 Å². The molecule has 5 aromatic rings. The number of aromatic amines is 1. The van der Waals surface area contributed by atoms with Crippen LogP contribution in [0.5, 0.6) is 11.6 Å². The number of halogens is 2. The van der Waals surface area contributed by atoms with Gasteiger partial charge in [-0.05, 0) is 67.4 Å². The van der Waals surface area contributed by atoms with E-state index in [1.807, 2.05) is 6.07 Å². The van der Waals surface area contributed by atoms with Crippen LogP contribution in [0.4, 0.5) is 14.6 Å². The van der Waals surface area contributed by atoms with Gasteiger partial charge in [-0.15, -0.1) is 0 Å². The van der Waals surface area contributed by atoms with E-state index in [4.69, 9.17) is 10.5 Å². The third kappa shape index (κ3) is 4.50. The van der Waals surface area contributed by atoms with Crippen molar-refractivity contribution in [2.75, 3.05) is 32.4 Å². The number of carbonyl (C=O) groups excluding carboxylic acids is 1. The van der Waals surface area contributed by atoms with Crippen LogP contribution in [0, 0.1) is 18.6 Å². The number of nitrogens with two attached hydrogens (primary N) is 1. The molecule has 0 radical (unpaired) electrons.